The average Bonchev–Trinajstić information content (AvgIpc) is 2.56. The van der Waals surface area contributed by atoms with Gasteiger partial charge in [0.2, 0.25) is 0 Å². The van der Waals surface area contributed by atoms with E-state index in [2.05, 4.69) is 27.7 Å². The van der Waals surface area contributed by atoms with Gasteiger partial charge in [-0.15, -0.1) is 0 Å². The molecule has 0 heterocycles. The van der Waals surface area contributed by atoms with Crippen LogP contribution in [0.1, 0.15) is 87.6 Å². The summed E-state index contributed by atoms with van der Waals surface area (Å²) in [5.74, 6) is -2.10. The third-order valence-corrected chi connectivity index (χ3v) is 3.96. The molecule has 0 radical (unpaired) electrons. The van der Waals surface area contributed by atoms with E-state index in [1.807, 2.05) is 50.3 Å². The Bertz CT molecular complexity index is 740. The first-order valence-electron chi connectivity index (χ1n) is 11.5. The standard InChI is InChI=1S/C23H32O4.C5H12/c1-16(2)14-20(25)15-19(13-12-18-10-8-7-9-11-18)21(17(3)24)22(26)27-23(4,5)6;1-5(2,3)4/h7-13,16,19,21H,14-15H2,1-6H3;1-4H3/b13-12+;. The van der Waals surface area contributed by atoms with Crippen LogP contribution in [0.3, 0.4) is 0 Å². The number of carbonyl (C=O) groups is 3. The van der Waals surface area contributed by atoms with Gasteiger partial charge in [-0.3, -0.25) is 14.4 Å². The van der Waals surface area contributed by atoms with E-state index in [-0.39, 0.29) is 23.9 Å². The molecule has 0 saturated heterocycles. The molecule has 32 heavy (non-hydrogen) atoms. The molecule has 0 spiro atoms. The second-order valence-corrected chi connectivity index (χ2v) is 11.4. The van der Waals surface area contributed by atoms with Crippen molar-refractivity contribution in [1.29, 1.82) is 0 Å². The van der Waals surface area contributed by atoms with Crippen molar-refractivity contribution in [3.63, 3.8) is 0 Å². The van der Waals surface area contributed by atoms with Crippen LogP contribution < -0.4 is 0 Å². The van der Waals surface area contributed by atoms with Crippen molar-refractivity contribution >= 4 is 23.6 Å². The number of ketones is 2. The molecular formula is C28H44O4. The molecule has 4 heteroatoms. The number of esters is 1. The van der Waals surface area contributed by atoms with Crippen molar-refractivity contribution in [1.82, 2.24) is 0 Å². The van der Waals surface area contributed by atoms with Gasteiger partial charge in [-0.05, 0) is 44.6 Å². The number of hydrogen-bond acceptors (Lipinski definition) is 4. The van der Waals surface area contributed by atoms with E-state index in [9.17, 15) is 14.4 Å². The van der Waals surface area contributed by atoms with Gasteiger partial charge in [0.15, 0.2) is 0 Å². The molecule has 0 amide bonds. The number of hydrogen-bond donors (Lipinski definition) is 0. The first kappa shape index (κ1) is 29.8. The van der Waals surface area contributed by atoms with Gasteiger partial charge in [0.25, 0.3) is 0 Å². The Morgan fingerprint density at radius 1 is 0.906 bits per heavy atom. The Balaban J connectivity index is 0.00000172. The van der Waals surface area contributed by atoms with Crippen molar-refractivity contribution in [2.24, 2.45) is 23.2 Å². The molecule has 1 rings (SSSR count). The maximum atomic E-state index is 12.7. The van der Waals surface area contributed by atoms with Crippen LogP contribution >= 0.6 is 0 Å². The van der Waals surface area contributed by atoms with Gasteiger partial charge in [0.1, 0.15) is 23.1 Å². The minimum Gasteiger partial charge on any atom is -0.459 e. The fourth-order valence-electron chi connectivity index (χ4n) is 2.90. The van der Waals surface area contributed by atoms with Crippen LogP contribution in [0.5, 0.6) is 0 Å². The molecule has 4 nitrogen and oxygen atoms in total. The minimum atomic E-state index is -0.986. The predicted molar refractivity (Wildman–Crippen MR) is 133 cm³/mol. The second kappa shape index (κ2) is 13.3. The maximum absolute atomic E-state index is 12.7. The molecule has 1 aromatic carbocycles. The van der Waals surface area contributed by atoms with Crippen molar-refractivity contribution < 1.29 is 19.1 Å². The summed E-state index contributed by atoms with van der Waals surface area (Å²) >= 11 is 0. The van der Waals surface area contributed by atoms with Crippen molar-refractivity contribution in [2.45, 2.75) is 87.7 Å². The highest BCUT2D eigenvalue weighted by Gasteiger charge is 2.35. The summed E-state index contributed by atoms with van der Waals surface area (Å²) in [6, 6.07) is 9.60. The summed E-state index contributed by atoms with van der Waals surface area (Å²) in [6.45, 7) is 19.4. The van der Waals surface area contributed by atoms with Gasteiger partial charge in [0.05, 0.1) is 0 Å². The van der Waals surface area contributed by atoms with Crippen LogP contribution in [0, 0.1) is 23.2 Å². The van der Waals surface area contributed by atoms with Gasteiger partial charge in [-0.1, -0.05) is 84.0 Å². The molecule has 0 aliphatic heterocycles. The fraction of sp³-hybridized carbons (Fsp3) is 0.607. The van der Waals surface area contributed by atoms with Gasteiger partial charge in [-0.25, -0.2) is 0 Å². The number of allylic oxidation sites excluding steroid dienone is 1. The topological polar surface area (TPSA) is 60.4 Å². The van der Waals surface area contributed by atoms with Crippen LogP contribution in [-0.4, -0.2) is 23.1 Å². The van der Waals surface area contributed by atoms with E-state index < -0.39 is 23.4 Å². The lowest BCUT2D eigenvalue weighted by Crippen LogP contribution is -2.36. The monoisotopic (exact) mass is 444 g/mol. The van der Waals surface area contributed by atoms with E-state index >= 15 is 0 Å². The molecule has 2 unspecified atom stereocenters. The minimum absolute atomic E-state index is 0.0440. The Labute approximate surface area is 195 Å². The Morgan fingerprint density at radius 2 is 1.41 bits per heavy atom. The van der Waals surface area contributed by atoms with E-state index in [0.717, 1.165) is 5.56 Å². The van der Waals surface area contributed by atoms with Gasteiger partial charge < -0.3 is 4.74 Å². The third-order valence-electron chi connectivity index (χ3n) is 3.96. The molecule has 0 saturated carbocycles. The second-order valence-electron chi connectivity index (χ2n) is 11.4. The van der Waals surface area contributed by atoms with Gasteiger partial charge in [-0.2, -0.15) is 0 Å². The number of ether oxygens (including phenoxy) is 1. The molecule has 180 valence electrons. The Kier molecular flexibility index (Phi) is 12.4. The smallest absolute Gasteiger partial charge is 0.317 e. The van der Waals surface area contributed by atoms with E-state index in [1.165, 1.54) is 6.92 Å². The molecule has 0 aromatic heterocycles. The highest BCUT2D eigenvalue weighted by molar-refractivity contribution is 5.99. The van der Waals surface area contributed by atoms with Crippen molar-refractivity contribution in [3.05, 3.63) is 42.0 Å². The molecule has 0 fully saturated rings. The first-order chi connectivity index (χ1) is 14.5. The van der Waals surface area contributed by atoms with E-state index in [4.69, 9.17) is 4.74 Å². The highest BCUT2D eigenvalue weighted by atomic mass is 16.6. The number of rotatable bonds is 9. The quantitative estimate of drug-likeness (QED) is 0.306. The Hall–Kier alpha value is -2.23. The number of Topliss-reactive ketones (excluding diaryl/α,β-unsaturated/α-hetero) is 2. The normalized spacial score (nSPS) is 13.8. The molecule has 0 aliphatic rings. The maximum Gasteiger partial charge on any atom is 0.317 e. The van der Waals surface area contributed by atoms with Crippen LogP contribution in [0.2, 0.25) is 0 Å². The largest absolute Gasteiger partial charge is 0.459 e. The third kappa shape index (κ3) is 15.6. The fourth-order valence-corrected chi connectivity index (χ4v) is 2.90. The van der Waals surface area contributed by atoms with Crippen molar-refractivity contribution in [2.75, 3.05) is 0 Å². The van der Waals surface area contributed by atoms with Crippen LogP contribution in [0.15, 0.2) is 36.4 Å². The summed E-state index contributed by atoms with van der Waals surface area (Å²) < 4.78 is 5.45. The highest BCUT2D eigenvalue weighted by Crippen LogP contribution is 2.26. The lowest BCUT2D eigenvalue weighted by atomic mass is 9.83. The van der Waals surface area contributed by atoms with Gasteiger partial charge in [0, 0.05) is 18.8 Å². The first-order valence-corrected chi connectivity index (χ1v) is 11.5. The summed E-state index contributed by atoms with van der Waals surface area (Å²) in [7, 11) is 0. The van der Waals surface area contributed by atoms with Gasteiger partial charge >= 0.3 is 5.97 Å². The SMILES string of the molecule is CC(=O)C(C(=O)OC(C)(C)C)C(/C=C/c1ccccc1)CC(=O)CC(C)C.CC(C)(C)C. The zero-order valence-corrected chi connectivity index (χ0v) is 21.8. The van der Waals surface area contributed by atoms with E-state index in [0.29, 0.717) is 11.8 Å². The zero-order valence-electron chi connectivity index (χ0n) is 21.8. The average molecular weight is 445 g/mol. The van der Waals surface area contributed by atoms with Crippen molar-refractivity contribution in [3.8, 4) is 0 Å². The van der Waals surface area contributed by atoms with Crippen LogP contribution in [-0.2, 0) is 19.1 Å². The Morgan fingerprint density at radius 3 is 1.81 bits per heavy atom. The summed E-state index contributed by atoms with van der Waals surface area (Å²) in [5.41, 5.74) is 0.755. The lowest BCUT2D eigenvalue weighted by molar-refractivity contribution is -0.163. The number of benzene rings is 1. The summed E-state index contributed by atoms with van der Waals surface area (Å²) in [4.78, 5) is 37.4. The zero-order chi connectivity index (χ0) is 25.1. The van der Waals surface area contributed by atoms with Crippen LogP contribution in [0.25, 0.3) is 6.08 Å². The molecular weight excluding hydrogens is 400 g/mol. The molecule has 0 aliphatic carbocycles. The van der Waals surface area contributed by atoms with Crippen LogP contribution in [0.4, 0.5) is 0 Å². The molecule has 1 aromatic rings. The molecule has 2 atom stereocenters. The lowest BCUT2D eigenvalue weighted by Gasteiger charge is -2.26. The summed E-state index contributed by atoms with van der Waals surface area (Å²) in [5, 5.41) is 0. The summed E-state index contributed by atoms with van der Waals surface area (Å²) in [6.07, 6.45) is 4.22. The molecule has 0 N–H and O–H groups in total. The number of carbonyl (C=O) groups excluding carboxylic acids is 3. The van der Waals surface area contributed by atoms with E-state index in [1.54, 1.807) is 26.8 Å². The predicted octanol–water partition coefficient (Wildman–Crippen LogP) is 6.92. The molecule has 0 bridgehead atoms.